The van der Waals surface area contributed by atoms with Crippen molar-refractivity contribution in [3.05, 3.63) is 59.2 Å². The zero-order valence-corrected chi connectivity index (χ0v) is 17.9. The van der Waals surface area contributed by atoms with Gasteiger partial charge in [-0.15, -0.1) is 0 Å². The fourth-order valence-electron chi connectivity index (χ4n) is 3.66. The Morgan fingerprint density at radius 1 is 1.18 bits per heavy atom. The van der Waals surface area contributed by atoms with Gasteiger partial charge < -0.3 is 9.64 Å². The molecule has 2 atom stereocenters. The molecule has 4 rings (SSSR count). The van der Waals surface area contributed by atoms with Crippen molar-refractivity contribution in [3.63, 3.8) is 0 Å². The van der Waals surface area contributed by atoms with Gasteiger partial charge in [0.2, 0.25) is 0 Å². The maximum Gasteiger partial charge on any atom is 0.164 e. The summed E-state index contributed by atoms with van der Waals surface area (Å²) in [6.45, 7) is 4.89. The van der Waals surface area contributed by atoms with E-state index in [1.54, 1.807) is 18.9 Å². The average Bonchev–Trinajstić information content (AvgIpc) is 3.15. The molecule has 28 heavy (non-hydrogen) atoms. The second-order valence-corrected chi connectivity index (χ2v) is 10.8. The molecule has 0 amide bonds. The van der Waals surface area contributed by atoms with Gasteiger partial charge in [-0.1, -0.05) is 41.6 Å². The molecule has 2 aromatic carbocycles. The van der Waals surface area contributed by atoms with E-state index >= 15 is 0 Å². The Labute approximate surface area is 170 Å². The Bertz CT molecular complexity index is 1030. The number of ether oxygens (including phenoxy) is 1. The smallest absolute Gasteiger partial charge is 0.164 e. The van der Waals surface area contributed by atoms with Crippen molar-refractivity contribution in [2.75, 3.05) is 23.5 Å². The van der Waals surface area contributed by atoms with Crippen LogP contribution >= 0.6 is 11.8 Å². The molecule has 1 saturated heterocycles. The molecule has 148 valence electrons. The number of hydrogen-bond donors (Lipinski definition) is 0. The molecule has 0 N–H and O–H groups in total. The predicted octanol–water partition coefficient (Wildman–Crippen LogP) is 3.59. The molecule has 2 aliphatic rings. The lowest BCUT2D eigenvalue weighted by Crippen LogP contribution is -2.28. The summed E-state index contributed by atoms with van der Waals surface area (Å²) in [5.41, 5.74) is 4.67. The number of amidine groups is 1. The minimum atomic E-state index is -2.97. The highest BCUT2D eigenvalue weighted by Crippen LogP contribution is 2.38. The number of aliphatic imine (C=N–C) groups is 1. The van der Waals surface area contributed by atoms with Gasteiger partial charge in [0.25, 0.3) is 0 Å². The zero-order valence-electron chi connectivity index (χ0n) is 16.3. The summed E-state index contributed by atoms with van der Waals surface area (Å²) >= 11 is 1.59. The molecule has 2 aliphatic heterocycles. The first-order chi connectivity index (χ1) is 13.3. The number of sulfone groups is 1. The predicted molar refractivity (Wildman–Crippen MR) is 116 cm³/mol. The minimum absolute atomic E-state index is 0.0201. The molecular formula is C21H24N2O3S2. The first kappa shape index (κ1) is 19.3. The van der Waals surface area contributed by atoms with Crippen LogP contribution < -0.4 is 9.64 Å². The highest BCUT2D eigenvalue weighted by atomic mass is 32.2. The van der Waals surface area contributed by atoms with Gasteiger partial charge in [0.05, 0.1) is 31.2 Å². The number of nitrogens with zero attached hydrogens (tertiary/aromatic N) is 2. The largest absolute Gasteiger partial charge is 0.497 e. The molecule has 0 aromatic heterocycles. The van der Waals surface area contributed by atoms with Gasteiger partial charge in [0.15, 0.2) is 15.0 Å². The van der Waals surface area contributed by atoms with Crippen LogP contribution in [0.4, 0.5) is 5.69 Å². The summed E-state index contributed by atoms with van der Waals surface area (Å²) in [6.07, 6.45) is 0. The van der Waals surface area contributed by atoms with Gasteiger partial charge in [-0.2, -0.15) is 0 Å². The fraction of sp³-hybridized carbons (Fsp3) is 0.381. The van der Waals surface area contributed by atoms with Gasteiger partial charge in [0.1, 0.15) is 5.75 Å². The van der Waals surface area contributed by atoms with Crippen molar-refractivity contribution >= 4 is 32.5 Å². The summed E-state index contributed by atoms with van der Waals surface area (Å²) in [7, 11) is -1.31. The average molecular weight is 417 g/mol. The highest BCUT2D eigenvalue weighted by Gasteiger charge is 2.44. The first-order valence-corrected chi connectivity index (χ1v) is 12.0. The molecule has 7 heteroatoms. The number of methoxy groups -OCH3 is 1. The fourth-order valence-corrected chi connectivity index (χ4v) is 7.44. The number of fused-ring (bicyclic) bond motifs is 1. The number of aryl methyl sites for hydroxylation is 2. The third-order valence-corrected chi connectivity index (χ3v) is 8.48. The van der Waals surface area contributed by atoms with Crippen molar-refractivity contribution in [3.8, 4) is 5.75 Å². The van der Waals surface area contributed by atoms with E-state index in [-0.39, 0.29) is 22.8 Å². The second kappa shape index (κ2) is 7.44. The Hall–Kier alpha value is -1.99. The maximum absolute atomic E-state index is 11.9. The van der Waals surface area contributed by atoms with E-state index < -0.39 is 9.84 Å². The molecule has 0 spiro atoms. The van der Waals surface area contributed by atoms with Crippen LogP contribution in [0.3, 0.4) is 0 Å². The summed E-state index contributed by atoms with van der Waals surface area (Å²) < 4.78 is 29.3. The van der Waals surface area contributed by atoms with Crippen LogP contribution in [0.2, 0.25) is 0 Å². The van der Waals surface area contributed by atoms with Crippen LogP contribution in [0, 0.1) is 13.8 Å². The third kappa shape index (κ3) is 3.91. The second-order valence-electron chi connectivity index (χ2n) is 7.43. The number of benzene rings is 2. The molecular weight excluding hydrogens is 392 g/mol. The van der Waals surface area contributed by atoms with Crippen LogP contribution in [0.15, 0.2) is 47.5 Å². The van der Waals surface area contributed by atoms with Gasteiger partial charge in [0, 0.05) is 17.0 Å². The summed E-state index contributed by atoms with van der Waals surface area (Å²) in [6, 6.07) is 14.2. The normalized spacial score (nSPS) is 22.6. The molecule has 0 radical (unpaired) electrons. The number of thioether (sulfide) groups is 1. The van der Waals surface area contributed by atoms with Crippen molar-refractivity contribution in [1.29, 1.82) is 0 Å². The van der Waals surface area contributed by atoms with E-state index in [2.05, 4.69) is 36.9 Å². The standard InChI is InChI=1S/C21H24N2O3S2/c1-14-7-8-15(2)16(9-14)11-23(17-5-4-6-18(10-17)26-3)21-22-19-12-28(24,25)13-20(19)27-21/h4-10,19-20H,11-13H2,1-3H3/t19-,20+/m0/s1. The number of anilines is 1. The Morgan fingerprint density at radius 3 is 2.75 bits per heavy atom. The lowest BCUT2D eigenvalue weighted by atomic mass is 10.1. The summed E-state index contributed by atoms with van der Waals surface area (Å²) in [5, 5.41) is 0.908. The van der Waals surface area contributed by atoms with E-state index in [0.29, 0.717) is 6.54 Å². The first-order valence-electron chi connectivity index (χ1n) is 9.27. The molecule has 0 saturated carbocycles. The van der Waals surface area contributed by atoms with E-state index in [9.17, 15) is 8.42 Å². The summed E-state index contributed by atoms with van der Waals surface area (Å²) in [4.78, 5) is 6.99. The molecule has 2 heterocycles. The van der Waals surface area contributed by atoms with Gasteiger partial charge in [-0.25, -0.2) is 8.42 Å². The molecule has 0 aliphatic carbocycles. The summed E-state index contributed by atoms with van der Waals surface area (Å²) in [5.74, 6) is 1.16. The van der Waals surface area contributed by atoms with Crippen LogP contribution in [0.25, 0.3) is 0 Å². The lowest BCUT2D eigenvalue weighted by Gasteiger charge is -2.26. The van der Waals surface area contributed by atoms with Gasteiger partial charge in [-0.3, -0.25) is 4.99 Å². The van der Waals surface area contributed by atoms with Crippen molar-refractivity contribution in [1.82, 2.24) is 0 Å². The van der Waals surface area contributed by atoms with Crippen molar-refractivity contribution in [2.45, 2.75) is 31.7 Å². The lowest BCUT2D eigenvalue weighted by molar-refractivity contribution is 0.415. The van der Waals surface area contributed by atoms with E-state index in [0.717, 1.165) is 16.6 Å². The van der Waals surface area contributed by atoms with Crippen LogP contribution in [-0.2, 0) is 16.4 Å². The van der Waals surface area contributed by atoms with E-state index in [1.807, 2.05) is 24.3 Å². The van der Waals surface area contributed by atoms with E-state index in [1.165, 1.54) is 16.7 Å². The van der Waals surface area contributed by atoms with Crippen molar-refractivity contribution in [2.24, 2.45) is 4.99 Å². The number of rotatable bonds is 4. The van der Waals surface area contributed by atoms with Crippen molar-refractivity contribution < 1.29 is 13.2 Å². The van der Waals surface area contributed by atoms with Crippen LogP contribution in [0.1, 0.15) is 16.7 Å². The zero-order chi connectivity index (χ0) is 19.9. The quantitative estimate of drug-likeness (QED) is 0.762. The van der Waals surface area contributed by atoms with E-state index in [4.69, 9.17) is 9.73 Å². The highest BCUT2D eigenvalue weighted by molar-refractivity contribution is 8.15. The maximum atomic E-state index is 11.9. The van der Waals surface area contributed by atoms with Crippen LogP contribution in [-0.4, -0.2) is 43.5 Å². The molecule has 1 fully saturated rings. The Kier molecular flexibility index (Phi) is 5.14. The Morgan fingerprint density at radius 2 is 2.00 bits per heavy atom. The monoisotopic (exact) mass is 416 g/mol. The Balaban J connectivity index is 1.71. The molecule has 0 unspecified atom stereocenters. The minimum Gasteiger partial charge on any atom is -0.497 e. The van der Waals surface area contributed by atoms with Crippen LogP contribution in [0.5, 0.6) is 5.75 Å². The van der Waals surface area contributed by atoms with Gasteiger partial charge >= 0.3 is 0 Å². The molecule has 2 aromatic rings. The molecule has 0 bridgehead atoms. The topological polar surface area (TPSA) is 59.0 Å². The SMILES string of the molecule is COc1cccc(N(Cc2cc(C)ccc2C)C2=N[C@H]3CS(=O)(=O)C[C@H]3S2)c1. The van der Waals surface area contributed by atoms with Gasteiger partial charge in [-0.05, 0) is 37.1 Å². The molecule has 5 nitrogen and oxygen atoms in total. The number of hydrogen-bond acceptors (Lipinski definition) is 6. The third-order valence-electron chi connectivity index (χ3n) is 5.23.